The van der Waals surface area contributed by atoms with E-state index in [1.54, 1.807) is 30.6 Å². The third-order valence-electron chi connectivity index (χ3n) is 3.06. The molecule has 1 unspecified atom stereocenters. The number of hydrogen-bond acceptors (Lipinski definition) is 2. The molecule has 0 saturated carbocycles. The maximum atomic E-state index is 13.2. The second kappa shape index (κ2) is 5.08. The first kappa shape index (κ1) is 12.4. The van der Waals surface area contributed by atoms with Crippen molar-refractivity contribution in [1.29, 1.82) is 0 Å². The van der Waals surface area contributed by atoms with Crippen molar-refractivity contribution in [2.24, 2.45) is 0 Å². The van der Waals surface area contributed by atoms with Gasteiger partial charge in [-0.1, -0.05) is 13.0 Å². The average Bonchev–Trinajstić information content (AvgIpc) is 2.41. The summed E-state index contributed by atoms with van der Waals surface area (Å²) in [6.07, 6.45) is 3.30. The molecule has 0 saturated heterocycles. The summed E-state index contributed by atoms with van der Waals surface area (Å²) in [4.78, 5) is 16.3. The fraction of sp³-hybridized carbons (Fsp3) is 0.200. The fourth-order valence-corrected chi connectivity index (χ4v) is 1.90. The van der Waals surface area contributed by atoms with Crippen LogP contribution in [-0.2, 0) is 0 Å². The fourth-order valence-electron chi connectivity index (χ4n) is 1.90. The molecule has 0 aliphatic carbocycles. The van der Waals surface area contributed by atoms with Crippen molar-refractivity contribution in [3.8, 4) is 0 Å². The van der Waals surface area contributed by atoms with Crippen molar-refractivity contribution in [1.82, 2.24) is 4.98 Å². The van der Waals surface area contributed by atoms with E-state index in [2.05, 4.69) is 4.98 Å². The Balaban J connectivity index is 2.34. The van der Waals surface area contributed by atoms with Gasteiger partial charge in [-0.25, -0.2) is 4.39 Å². The lowest BCUT2D eigenvalue weighted by atomic mass is 9.91. The first-order valence-electron chi connectivity index (χ1n) is 5.80. The van der Waals surface area contributed by atoms with Gasteiger partial charge in [0.1, 0.15) is 5.82 Å². The summed E-state index contributed by atoms with van der Waals surface area (Å²) >= 11 is 0. The van der Waals surface area contributed by atoms with E-state index in [9.17, 15) is 9.18 Å². The highest BCUT2D eigenvalue weighted by molar-refractivity contribution is 6.01. The zero-order valence-electron chi connectivity index (χ0n) is 10.4. The van der Waals surface area contributed by atoms with Gasteiger partial charge in [0.15, 0.2) is 5.78 Å². The van der Waals surface area contributed by atoms with Crippen LogP contribution in [0.2, 0.25) is 0 Å². The van der Waals surface area contributed by atoms with Gasteiger partial charge in [-0.3, -0.25) is 9.78 Å². The van der Waals surface area contributed by atoms with Gasteiger partial charge in [0.2, 0.25) is 0 Å². The number of halogens is 1. The smallest absolute Gasteiger partial charge is 0.170 e. The topological polar surface area (TPSA) is 30.0 Å². The van der Waals surface area contributed by atoms with Crippen LogP contribution in [0.3, 0.4) is 0 Å². The van der Waals surface area contributed by atoms with E-state index in [-0.39, 0.29) is 17.5 Å². The number of ketones is 1. The molecule has 2 aromatic rings. The van der Waals surface area contributed by atoms with E-state index < -0.39 is 0 Å². The molecule has 0 fully saturated rings. The van der Waals surface area contributed by atoms with Crippen LogP contribution in [0, 0.1) is 12.7 Å². The second-order valence-corrected chi connectivity index (χ2v) is 4.33. The molecule has 1 atom stereocenters. The second-order valence-electron chi connectivity index (χ2n) is 4.33. The quantitative estimate of drug-likeness (QED) is 0.772. The highest BCUT2D eigenvalue weighted by Gasteiger charge is 2.19. The minimum Gasteiger partial charge on any atom is -0.293 e. The van der Waals surface area contributed by atoms with E-state index in [1.807, 2.05) is 13.8 Å². The Labute approximate surface area is 105 Å². The lowest BCUT2D eigenvalue weighted by Crippen LogP contribution is -2.11. The number of pyridine rings is 1. The predicted octanol–water partition coefficient (Wildman–Crippen LogP) is 3.52. The Morgan fingerprint density at radius 2 is 1.89 bits per heavy atom. The van der Waals surface area contributed by atoms with E-state index in [4.69, 9.17) is 0 Å². The third kappa shape index (κ3) is 2.45. The molecule has 1 aromatic carbocycles. The summed E-state index contributed by atoms with van der Waals surface area (Å²) in [5.41, 5.74) is 2.13. The Hall–Kier alpha value is -2.03. The molecular formula is C15H14FNO. The van der Waals surface area contributed by atoms with Gasteiger partial charge in [0.25, 0.3) is 0 Å². The number of aromatic nitrogens is 1. The summed E-state index contributed by atoms with van der Waals surface area (Å²) in [6.45, 7) is 3.63. The Morgan fingerprint density at radius 3 is 2.56 bits per heavy atom. The molecule has 92 valence electrons. The highest BCUT2D eigenvalue weighted by Crippen LogP contribution is 2.22. The first-order chi connectivity index (χ1) is 8.59. The molecule has 0 spiro atoms. The van der Waals surface area contributed by atoms with Crippen LogP contribution in [0.15, 0.2) is 42.7 Å². The van der Waals surface area contributed by atoms with E-state index >= 15 is 0 Å². The zero-order chi connectivity index (χ0) is 13.1. The van der Waals surface area contributed by atoms with Gasteiger partial charge in [-0.2, -0.15) is 0 Å². The largest absolute Gasteiger partial charge is 0.293 e. The van der Waals surface area contributed by atoms with Crippen molar-refractivity contribution in [2.45, 2.75) is 19.8 Å². The van der Waals surface area contributed by atoms with Crippen molar-refractivity contribution in [2.75, 3.05) is 0 Å². The molecule has 0 amide bonds. The molecule has 2 rings (SSSR count). The molecule has 1 aromatic heterocycles. The monoisotopic (exact) mass is 243 g/mol. The number of benzene rings is 1. The standard InChI is InChI=1S/C15H14FNO/c1-10-3-4-13(16)9-14(10)15(18)11(2)12-5-7-17-8-6-12/h3-9,11H,1-2H3. The van der Waals surface area contributed by atoms with Crippen LogP contribution in [0.4, 0.5) is 4.39 Å². The molecule has 0 aliphatic heterocycles. The van der Waals surface area contributed by atoms with E-state index in [0.717, 1.165) is 11.1 Å². The summed E-state index contributed by atoms with van der Waals surface area (Å²) in [6, 6.07) is 7.90. The molecule has 0 radical (unpaired) electrons. The lowest BCUT2D eigenvalue weighted by molar-refractivity contribution is 0.0965. The van der Waals surface area contributed by atoms with Crippen LogP contribution in [0.5, 0.6) is 0 Å². The summed E-state index contributed by atoms with van der Waals surface area (Å²) < 4.78 is 13.2. The van der Waals surface area contributed by atoms with Gasteiger partial charge < -0.3 is 0 Å². The first-order valence-corrected chi connectivity index (χ1v) is 5.80. The number of nitrogens with zero attached hydrogens (tertiary/aromatic N) is 1. The Morgan fingerprint density at radius 1 is 1.22 bits per heavy atom. The van der Waals surface area contributed by atoms with Crippen LogP contribution in [0.1, 0.15) is 34.3 Å². The normalized spacial score (nSPS) is 12.2. The molecule has 18 heavy (non-hydrogen) atoms. The maximum Gasteiger partial charge on any atom is 0.170 e. The van der Waals surface area contributed by atoms with Gasteiger partial charge >= 0.3 is 0 Å². The summed E-state index contributed by atoms with van der Waals surface area (Å²) in [5, 5.41) is 0. The number of aryl methyl sites for hydroxylation is 1. The predicted molar refractivity (Wildman–Crippen MR) is 68.1 cm³/mol. The molecule has 1 heterocycles. The highest BCUT2D eigenvalue weighted by atomic mass is 19.1. The number of Topliss-reactive ketones (excluding diaryl/α,β-unsaturated/α-hetero) is 1. The average molecular weight is 243 g/mol. The minimum atomic E-state index is -0.383. The summed E-state index contributed by atoms with van der Waals surface area (Å²) in [7, 11) is 0. The van der Waals surface area contributed by atoms with Crippen LogP contribution < -0.4 is 0 Å². The Bertz CT molecular complexity index is 566. The number of hydrogen-bond donors (Lipinski definition) is 0. The molecule has 0 N–H and O–H groups in total. The SMILES string of the molecule is Cc1ccc(F)cc1C(=O)C(C)c1ccncc1. The van der Waals surface area contributed by atoms with Gasteiger partial charge in [0, 0.05) is 23.9 Å². The van der Waals surface area contributed by atoms with Gasteiger partial charge in [-0.15, -0.1) is 0 Å². The summed E-state index contributed by atoms with van der Waals surface area (Å²) in [5.74, 6) is -0.752. The van der Waals surface area contributed by atoms with Crippen LogP contribution >= 0.6 is 0 Å². The van der Waals surface area contributed by atoms with Gasteiger partial charge in [0.05, 0.1) is 0 Å². The molecular weight excluding hydrogens is 229 g/mol. The number of carbonyl (C=O) groups excluding carboxylic acids is 1. The molecule has 2 nitrogen and oxygen atoms in total. The van der Waals surface area contributed by atoms with Crippen molar-refractivity contribution < 1.29 is 9.18 Å². The Kier molecular flexibility index (Phi) is 3.51. The van der Waals surface area contributed by atoms with Crippen molar-refractivity contribution in [3.63, 3.8) is 0 Å². The van der Waals surface area contributed by atoms with Crippen molar-refractivity contribution >= 4 is 5.78 Å². The lowest BCUT2D eigenvalue weighted by Gasteiger charge is -2.12. The molecule has 3 heteroatoms. The molecule has 0 bridgehead atoms. The minimum absolute atomic E-state index is 0.0711. The number of rotatable bonds is 3. The molecule has 0 aliphatic rings. The van der Waals surface area contributed by atoms with Crippen molar-refractivity contribution in [3.05, 3.63) is 65.2 Å². The van der Waals surface area contributed by atoms with Crippen LogP contribution in [-0.4, -0.2) is 10.8 Å². The zero-order valence-corrected chi connectivity index (χ0v) is 10.4. The van der Waals surface area contributed by atoms with E-state index in [0.29, 0.717) is 5.56 Å². The third-order valence-corrected chi connectivity index (χ3v) is 3.06. The number of carbonyl (C=O) groups is 1. The van der Waals surface area contributed by atoms with E-state index in [1.165, 1.54) is 12.1 Å². The van der Waals surface area contributed by atoms with Crippen LogP contribution in [0.25, 0.3) is 0 Å². The maximum absolute atomic E-state index is 13.2. The van der Waals surface area contributed by atoms with Gasteiger partial charge in [-0.05, 0) is 42.3 Å².